The molecule has 0 radical (unpaired) electrons. The lowest BCUT2D eigenvalue weighted by molar-refractivity contribution is 0.0664. The normalized spacial score (nSPS) is 28.3. The lowest BCUT2D eigenvalue weighted by Gasteiger charge is -2.33. The molecule has 3 aliphatic rings. The van der Waals surface area contributed by atoms with Gasteiger partial charge in [0.15, 0.2) is 0 Å². The Labute approximate surface area is 138 Å². The maximum Gasteiger partial charge on any atom is 0.255 e. The molecule has 5 heteroatoms. The molecule has 124 valence electrons. The lowest BCUT2D eigenvalue weighted by Crippen LogP contribution is -2.47. The van der Waals surface area contributed by atoms with Crippen LogP contribution in [0.15, 0.2) is 18.3 Å². The van der Waals surface area contributed by atoms with Crippen LogP contribution >= 0.6 is 0 Å². The highest BCUT2D eigenvalue weighted by Crippen LogP contribution is 2.30. The predicted octanol–water partition coefficient (Wildman–Crippen LogP) is 2.35. The third kappa shape index (κ3) is 3.07. The van der Waals surface area contributed by atoms with Crippen molar-refractivity contribution in [2.45, 2.75) is 56.7 Å². The zero-order valence-electron chi connectivity index (χ0n) is 13.9. The van der Waals surface area contributed by atoms with E-state index in [9.17, 15) is 4.79 Å². The van der Waals surface area contributed by atoms with E-state index in [0.717, 1.165) is 37.3 Å². The number of anilines is 1. The number of likely N-dealkylation sites (tertiary alicyclic amines) is 2. The van der Waals surface area contributed by atoms with E-state index in [-0.39, 0.29) is 5.91 Å². The van der Waals surface area contributed by atoms with Gasteiger partial charge in [-0.1, -0.05) is 0 Å². The minimum Gasteiger partial charge on any atom is -0.367 e. The summed E-state index contributed by atoms with van der Waals surface area (Å²) < 4.78 is 0. The molecular formula is C18H26N4O. The van der Waals surface area contributed by atoms with Gasteiger partial charge in [-0.15, -0.1) is 0 Å². The van der Waals surface area contributed by atoms with Crippen molar-refractivity contribution >= 4 is 11.7 Å². The average molecular weight is 314 g/mol. The number of rotatable bonds is 4. The van der Waals surface area contributed by atoms with Crippen molar-refractivity contribution in [3.63, 3.8) is 0 Å². The summed E-state index contributed by atoms with van der Waals surface area (Å²) in [4.78, 5) is 21.9. The standard InChI is InChI=1S/C18H26N4O/c1-21-10-2-4-15(21)16-5-3-11-22(16)18(23)13-6-9-17(19-12-13)20-14-7-8-14/h6,9,12,14-16H,2-5,7-8,10-11H2,1H3,(H,19,20). The van der Waals surface area contributed by atoms with E-state index in [0.29, 0.717) is 18.1 Å². The van der Waals surface area contributed by atoms with Gasteiger partial charge in [-0.2, -0.15) is 0 Å². The van der Waals surface area contributed by atoms with Crippen molar-refractivity contribution in [1.82, 2.24) is 14.8 Å². The minimum atomic E-state index is 0.151. The molecule has 2 saturated heterocycles. The Hall–Kier alpha value is -1.62. The number of hydrogen-bond donors (Lipinski definition) is 1. The highest BCUT2D eigenvalue weighted by atomic mass is 16.2. The molecule has 23 heavy (non-hydrogen) atoms. The molecule has 1 N–H and O–H groups in total. The van der Waals surface area contributed by atoms with Crippen molar-refractivity contribution in [2.24, 2.45) is 0 Å². The first-order chi connectivity index (χ1) is 11.2. The van der Waals surface area contributed by atoms with Crippen molar-refractivity contribution in [3.8, 4) is 0 Å². The fourth-order valence-corrected chi connectivity index (χ4v) is 4.08. The molecule has 3 heterocycles. The Bertz CT molecular complexity index is 569. The Kier molecular flexibility index (Phi) is 3.97. The second-order valence-electron chi connectivity index (χ2n) is 7.25. The maximum absolute atomic E-state index is 12.9. The average Bonchev–Trinajstić information content (AvgIpc) is 3.08. The molecule has 1 aromatic rings. The number of aromatic nitrogens is 1. The van der Waals surface area contributed by atoms with Crippen LogP contribution in [0.2, 0.25) is 0 Å². The number of carbonyl (C=O) groups is 1. The van der Waals surface area contributed by atoms with E-state index in [1.54, 1.807) is 6.20 Å². The van der Waals surface area contributed by atoms with Crippen molar-refractivity contribution < 1.29 is 4.79 Å². The number of amides is 1. The van der Waals surface area contributed by atoms with Gasteiger partial charge in [0.25, 0.3) is 5.91 Å². The number of pyridine rings is 1. The van der Waals surface area contributed by atoms with Crippen LogP contribution < -0.4 is 5.32 Å². The maximum atomic E-state index is 12.9. The topological polar surface area (TPSA) is 48.5 Å². The SMILES string of the molecule is CN1CCCC1C1CCCN1C(=O)c1ccc(NC2CC2)nc1. The van der Waals surface area contributed by atoms with Crippen LogP contribution in [0.4, 0.5) is 5.82 Å². The van der Waals surface area contributed by atoms with Crippen LogP contribution in [0.5, 0.6) is 0 Å². The second kappa shape index (κ2) is 6.11. The summed E-state index contributed by atoms with van der Waals surface area (Å²) in [6.07, 6.45) is 8.92. The first-order valence-corrected chi connectivity index (χ1v) is 8.96. The summed E-state index contributed by atoms with van der Waals surface area (Å²) in [5, 5.41) is 3.37. The molecule has 1 saturated carbocycles. The van der Waals surface area contributed by atoms with Gasteiger partial charge in [0.1, 0.15) is 5.82 Å². The van der Waals surface area contributed by atoms with Gasteiger partial charge in [-0.3, -0.25) is 4.79 Å². The van der Waals surface area contributed by atoms with Crippen molar-refractivity contribution in [3.05, 3.63) is 23.9 Å². The van der Waals surface area contributed by atoms with Crippen LogP contribution in [0.3, 0.4) is 0 Å². The first kappa shape index (κ1) is 14.9. The van der Waals surface area contributed by atoms with Crippen molar-refractivity contribution in [1.29, 1.82) is 0 Å². The fraction of sp³-hybridized carbons (Fsp3) is 0.667. The summed E-state index contributed by atoms with van der Waals surface area (Å²) in [7, 11) is 2.19. The van der Waals surface area contributed by atoms with Gasteiger partial charge in [0, 0.05) is 30.9 Å². The summed E-state index contributed by atoms with van der Waals surface area (Å²) in [5.41, 5.74) is 0.721. The monoisotopic (exact) mass is 314 g/mol. The van der Waals surface area contributed by atoms with E-state index in [1.807, 2.05) is 12.1 Å². The predicted molar refractivity (Wildman–Crippen MR) is 90.6 cm³/mol. The van der Waals surface area contributed by atoms with Gasteiger partial charge in [-0.05, 0) is 64.3 Å². The highest BCUT2D eigenvalue weighted by molar-refractivity contribution is 5.94. The summed E-state index contributed by atoms with van der Waals surface area (Å²) in [6.45, 7) is 2.04. The smallest absolute Gasteiger partial charge is 0.255 e. The number of likely N-dealkylation sites (N-methyl/N-ethyl adjacent to an activating group) is 1. The molecular weight excluding hydrogens is 288 g/mol. The number of hydrogen-bond acceptors (Lipinski definition) is 4. The third-order valence-corrected chi connectivity index (χ3v) is 5.52. The molecule has 0 aromatic carbocycles. The Balaban J connectivity index is 1.46. The zero-order valence-corrected chi connectivity index (χ0v) is 13.9. The van der Waals surface area contributed by atoms with E-state index in [2.05, 4.69) is 27.1 Å². The molecule has 0 bridgehead atoms. The van der Waals surface area contributed by atoms with Crippen LogP contribution in [-0.4, -0.2) is 59.0 Å². The summed E-state index contributed by atoms with van der Waals surface area (Å²) in [6, 6.07) is 5.36. The largest absolute Gasteiger partial charge is 0.367 e. The lowest BCUT2D eigenvalue weighted by atomic mass is 10.0. The van der Waals surface area contributed by atoms with E-state index in [1.165, 1.54) is 25.7 Å². The fourth-order valence-electron chi connectivity index (χ4n) is 4.08. The first-order valence-electron chi connectivity index (χ1n) is 8.96. The molecule has 1 aromatic heterocycles. The number of carbonyl (C=O) groups excluding carboxylic acids is 1. The van der Waals surface area contributed by atoms with Gasteiger partial charge in [0.05, 0.1) is 5.56 Å². The Morgan fingerprint density at radius 1 is 1.13 bits per heavy atom. The molecule has 1 amide bonds. The van der Waals surface area contributed by atoms with Gasteiger partial charge >= 0.3 is 0 Å². The molecule has 2 aliphatic heterocycles. The number of nitrogens with zero attached hydrogens (tertiary/aromatic N) is 3. The molecule has 3 fully saturated rings. The summed E-state index contributed by atoms with van der Waals surface area (Å²) in [5.74, 6) is 1.04. The van der Waals surface area contributed by atoms with Crippen LogP contribution in [0.25, 0.3) is 0 Å². The molecule has 2 unspecified atom stereocenters. The molecule has 2 atom stereocenters. The van der Waals surface area contributed by atoms with Crippen LogP contribution in [-0.2, 0) is 0 Å². The van der Waals surface area contributed by atoms with Crippen molar-refractivity contribution in [2.75, 3.05) is 25.5 Å². The van der Waals surface area contributed by atoms with E-state index >= 15 is 0 Å². The highest BCUT2D eigenvalue weighted by Gasteiger charge is 2.38. The molecule has 1 aliphatic carbocycles. The third-order valence-electron chi connectivity index (χ3n) is 5.52. The van der Waals surface area contributed by atoms with Crippen LogP contribution in [0.1, 0.15) is 48.9 Å². The Morgan fingerprint density at radius 3 is 2.57 bits per heavy atom. The molecule has 5 nitrogen and oxygen atoms in total. The summed E-state index contributed by atoms with van der Waals surface area (Å²) >= 11 is 0. The number of nitrogens with one attached hydrogen (secondary N) is 1. The van der Waals surface area contributed by atoms with Gasteiger partial charge < -0.3 is 15.1 Å². The minimum absolute atomic E-state index is 0.151. The zero-order chi connectivity index (χ0) is 15.8. The second-order valence-corrected chi connectivity index (χ2v) is 7.25. The quantitative estimate of drug-likeness (QED) is 0.927. The van der Waals surface area contributed by atoms with E-state index in [4.69, 9.17) is 0 Å². The Morgan fingerprint density at radius 2 is 1.91 bits per heavy atom. The van der Waals surface area contributed by atoms with Gasteiger partial charge in [0.2, 0.25) is 0 Å². The molecule has 0 spiro atoms. The van der Waals surface area contributed by atoms with E-state index < -0.39 is 0 Å². The van der Waals surface area contributed by atoms with Gasteiger partial charge in [-0.25, -0.2) is 4.98 Å². The van der Waals surface area contributed by atoms with Crippen LogP contribution in [0, 0.1) is 0 Å². The molecule has 4 rings (SSSR count).